The minimum atomic E-state index is -0.757. The van der Waals surface area contributed by atoms with E-state index < -0.39 is 17.5 Å². The van der Waals surface area contributed by atoms with E-state index in [0.29, 0.717) is 11.3 Å². The molecule has 0 aliphatic rings. The number of halogens is 2. The number of nitrogens with one attached hydrogen (secondary N) is 1. The van der Waals surface area contributed by atoms with Crippen molar-refractivity contribution in [1.29, 1.82) is 0 Å². The first-order chi connectivity index (χ1) is 11.9. The van der Waals surface area contributed by atoms with Gasteiger partial charge in [-0.05, 0) is 71.5 Å². The number of nitrogens with zero attached hydrogens (tertiary/aromatic N) is 2. The van der Waals surface area contributed by atoms with Crippen LogP contribution in [0.3, 0.4) is 0 Å². The Morgan fingerprint density at radius 1 is 1.28 bits per heavy atom. The van der Waals surface area contributed by atoms with E-state index in [0.717, 1.165) is 13.8 Å². The number of rotatable bonds is 4. The average Bonchev–Trinajstić information content (AvgIpc) is 2.92. The standard InChI is InChI=1S/C17H13FIN3O3/c1-10-2-7-13(8-14(10)19)20-15(23)9-22-17(24)25-16(21-22)11-3-5-12(18)6-4-11/h2-8H,9H2,1H3,(H,20,23). The molecule has 0 fully saturated rings. The lowest BCUT2D eigenvalue weighted by molar-refractivity contribution is -0.117. The van der Waals surface area contributed by atoms with Gasteiger partial charge >= 0.3 is 5.76 Å². The third-order valence-electron chi connectivity index (χ3n) is 3.45. The van der Waals surface area contributed by atoms with Crippen LogP contribution in [0.2, 0.25) is 0 Å². The molecule has 1 aromatic heterocycles. The number of hydrogen-bond donors (Lipinski definition) is 1. The van der Waals surface area contributed by atoms with Gasteiger partial charge in [0.25, 0.3) is 0 Å². The van der Waals surface area contributed by atoms with Crippen molar-refractivity contribution in [2.45, 2.75) is 13.5 Å². The number of aryl methyl sites for hydroxylation is 1. The predicted molar refractivity (Wildman–Crippen MR) is 98.7 cm³/mol. The first-order valence-corrected chi connectivity index (χ1v) is 8.40. The lowest BCUT2D eigenvalue weighted by Gasteiger charge is -2.06. The highest BCUT2D eigenvalue weighted by atomic mass is 127. The van der Waals surface area contributed by atoms with Crippen LogP contribution in [-0.4, -0.2) is 15.7 Å². The van der Waals surface area contributed by atoms with Crippen LogP contribution in [0.4, 0.5) is 10.1 Å². The summed E-state index contributed by atoms with van der Waals surface area (Å²) < 4.78 is 19.9. The molecule has 3 aromatic rings. The number of benzene rings is 2. The first-order valence-electron chi connectivity index (χ1n) is 7.32. The van der Waals surface area contributed by atoms with Gasteiger partial charge in [0.2, 0.25) is 11.8 Å². The van der Waals surface area contributed by atoms with Gasteiger partial charge in [-0.3, -0.25) is 4.79 Å². The van der Waals surface area contributed by atoms with E-state index in [1.54, 1.807) is 6.07 Å². The van der Waals surface area contributed by atoms with Gasteiger partial charge in [-0.25, -0.2) is 9.18 Å². The van der Waals surface area contributed by atoms with Crippen LogP contribution in [-0.2, 0) is 11.3 Å². The lowest BCUT2D eigenvalue weighted by Crippen LogP contribution is -2.25. The summed E-state index contributed by atoms with van der Waals surface area (Å²) in [6.45, 7) is 1.69. The minimum absolute atomic E-state index is 0.0303. The third-order valence-corrected chi connectivity index (χ3v) is 4.61. The molecule has 0 bridgehead atoms. The fourth-order valence-electron chi connectivity index (χ4n) is 2.12. The van der Waals surface area contributed by atoms with Crippen LogP contribution in [0.15, 0.2) is 51.7 Å². The Morgan fingerprint density at radius 2 is 2.00 bits per heavy atom. The Labute approximate surface area is 155 Å². The summed E-state index contributed by atoms with van der Waals surface area (Å²) in [4.78, 5) is 24.0. The molecule has 0 saturated carbocycles. The molecule has 0 atom stereocenters. The summed E-state index contributed by atoms with van der Waals surface area (Å²) in [6, 6.07) is 10.9. The van der Waals surface area contributed by atoms with Gasteiger partial charge in [0.05, 0.1) is 0 Å². The van der Waals surface area contributed by atoms with Crippen molar-refractivity contribution in [1.82, 2.24) is 9.78 Å². The molecule has 0 aliphatic carbocycles. The molecule has 0 aliphatic heterocycles. The summed E-state index contributed by atoms with van der Waals surface area (Å²) in [5.74, 6) is -1.53. The van der Waals surface area contributed by atoms with Crippen molar-refractivity contribution in [3.63, 3.8) is 0 Å². The molecule has 0 saturated heterocycles. The van der Waals surface area contributed by atoms with Crippen LogP contribution in [0.1, 0.15) is 5.56 Å². The van der Waals surface area contributed by atoms with E-state index in [4.69, 9.17) is 4.42 Å². The van der Waals surface area contributed by atoms with Gasteiger partial charge in [0.1, 0.15) is 12.4 Å². The molecule has 6 nitrogen and oxygen atoms in total. The van der Waals surface area contributed by atoms with E-state index in [-0.39, 0.29) is 12.4 Å². The van der Waals surface area contributed by atoms with E-state index in [1.807, 2.05) is 19.1 Å². The summed E-state index contributed by atoms with van der Waals surface area (Å²) in [5.41, 5.74) is 2.19. The van der Waals surface area contributed by atoms with E-state index in [2.05, 4.69) is 33.0 Å². The molecule has 0 unspecified atom stereocenters. The van der Waals surface area contributed by atoms with Gasteiger partial charge in [-0.15, -0.1) is 5.10 Å². The zero-order valence-corrected chi connectivity index (χ0v) is 15.3. The van der Waals surface area contributed by atoms with Gasteiger partial charge in [0, 0.05) is 14.8 Å². The fourth-order valence-corrected chi connectivity index (χ4v) is 2.64. The van der Waals surface area contributed by atoms with Crippen molar-refractivity contribution < 1.29 is 13.6 Å². The molecule has 3 rings (SSSR count). The molecule has 25 heavy (non-hydrogen) atoms. The van der Waals surface area contributed by atoms with Gasteiger partial charge in [-0.1, -0.05) is 6.07 Å². The number of carbonyl (C=O) groups excluding carboxylic acids is 1. The molecule has 0 radical (unpaired) electrons. The van der Waals surface area contributed by atoms with E-state index in [1.165, 1.54) is 24.3 Å². The quantitative estimate of drug-likeness (QED) is 0.616. The average molecular weight is 453 g/mol. The SMILES string of the molecule is Cc1ccc(NC(=O)Cn2nc(-c3ccc(F)cc3)oc2=O)cc1I. The van der Waals surface area contributed by atoms with Crippen LogP contribution < -0.4 is 11.1 Å². The van der Waals surface area contributed by atoms with Crippen molar-refractivity contribution in [3.05, 3.63) is 68.0 Å². The fraction of sp³-hybridized carbons (Fsp3) is 0.118. The maximum atomic E-state index is 12.9. The summed E-state index contributed by atoms with van der Waals surface area (Å²) in [7, 11) is 0. The Kier molecular flexibility index (Phi) is 4.98. The summed E-state index contributed by atoms with van der Waals surface area (Å²) >= 11 is 2.18. The molecule has 2 aromatic carbocycles. The molecule has 8 heteroatoms. The van der Waals surface area contributed by atoms with Crippen molar-refractivity contribution in [3.8, 4) is 11.5 Å². The monoisotopic (exact) mass is 453 g/mol. The number of aromatic nitrogens is 2. The van der Waals surface area contributed by atoms with Crippen LogP contribution in [0, 0.1) is 16.3 Å². The highest BCUT2D eigenvalue weighted by Crippen LogP contribution is 2.17. The molecule has 1 heterocycles. The van der Waals surface area contributed by atoms with Crippen molar-refractivity contribution in [2.75, 3.05) is 5.32 Å². The number of anilines is 1. The van der Waals surface area contributed by atoms with E-state index >= 15 is 0 Å². The largest absolute Gasteiger partial charge is 0.437 e. The smallest absolute Gasteiger partial charge is 0.388 e. The Bertz CT molecular complexity index is 980. The van der Waals surface area contributed by atoms with Crippen LogP contribution >= 0.6 is 22.6 Å². The summed E-state index contributed by atoms with van der Waals surface area (Å²) in [6.07, 6.45) is 0. The molecule has 0 spiro atoms. The van der Waals surface area contributed by atoms with Gasteiger partial charge in [-0.2, -0.15) is 4.68 Å². The normalized spacial score (nSPS) is 10.7. The van der Waals surface area contributed by atoms with Crippen LogP contribution in [0.5, 0.6) is 0 Å². The molecular formula is C17H13FIN3O3. The predicted octanol–water partition coefficient (Wildman–Crippen LogP) is 3.19. The number of hydrogen-bond acceptors (Lipinski definition) is 4. The zero-order chi connectivity index (χ0) is 18.0. The Balaban J connectivity index is 1.74. The first kappa shape index (κ1) is 17.3. The molecule has 1 amide bonds. The topological polar surface area (TPSA) is 77.1 Å². The van der Waals surface area contributed by atoms with E-state index in [9.17, 15) is 14.0 Å². The highest BCUT2D eigenvalue weighted by Gasteiger charge is 2.13. The maximum Gasteiger partial charge on any atom is 0.437 e. The Hall–Kier alpha value is -2.49. The number of amides is 1. The number of carbonyl (C=O) groups is 1. The zero-order valence-electron chi connectivity index (χ0n) is 13.1. The highest BCUT2D eigenvalue weighted by molar-refractivity contribution is 14.1. The third kappa shape index (κ3) is 4.13. The minimum Gasteiger partial charge on any atom is -0.388 e. The maximum absolute atomic E-state index is 12.9. The molecule has 128 valence electrons. The second-order valence-electron chi connectivity index (χ2n) is 5.35. The lowest BCUT2D eigenvalue weighted by atomic mass is 10.2. The second-order valence-corrected chi connectivity index (χ2v) is 6.51. The summed E-state index contributed by atoms with van der Waals surface area (Å²) in [5, 5.41) is 6.68. The van der Waals surface area contributed by atoms with Gasteiger partial charge in [0.15, 0.2) is 0 Å². The van der Waals surface area contributed by atoms with Gasteiger partial charge < -0.3 is 9.73 Å². The second kappa shape index (κ2) is 7.18. The van der Waals surface area contributed by atoms with Crippen molar-refractivity contribution >= 4 is 34.2 Å². The van der Waals surface area contributed by atoms with Crippen molar-refractivity contribution in [2.24, 2.45) is 0 Å². The van der Waals surface area contributed by atoms with Crippen LogP contribution in [0.25, 0.3) is 11.5 Å². The molecule has 1 N–H and O–H groups in total. The molecular weight excluding hydrogens is 440 g/mol. The Morgan fingerprint density at radius 3 is 2.68 bits per heavy atom.